The first kappa shape index (κ1) is 15.6. The number of urea groups is 1. The summed E-state index contributed by atoms with van der Waals surface area (Å²) in [5.41, 5.74) is 3.08. The molecule has 2 heterocycles. The Labute approximate surface area is 138 Å². The maximum absolute atomic E-state index is 12.0. The highest BCUT2D eigenvalue weighted by Gasteiger charge is 2.11. The summed E-state index contributed by atoms with van der Waals surface area (Å²) in [6, 6.07) is 4.31. The Morgan fingerprint density at radius 3 is 2.88 bits per heavy atom. The van der Waals surface area contributed by atoms with E-state index in [9.17, 15) is 9.59 Å². The second-order valence-electron chi connectivity index (χ2n) is 4.37. The molecule has 3 rings (SSSR count). The van der Waals surface area contributed by atoms with E-state index in [1.54, 1.807) is 18.2 Å². The molecule has 0 aliphatic rings. The van der Waals surface area contributed by atoms with Crippen LogP contribution in [-0.4, -0.2) is 26.9 Å². The third-order valence-corrected chi connectivity index (χ3v) is 3.72. The van der Waals surface area contributed by atoms with Gasteiger partial charge in [-0.25, -0.2) is 20.6 Å². The van der Waals surface area contributed by atoms with Crippen LogP contribution in [0.3, 0.4) is 0 Å². The van der Waals surface area contributed by atoms with E-state index in [1.165, 1.54) is 29.9 Å². The lowest BCUT2D eigenvalue weighted by molar-refractivity contribution is 0.102. The fraction of sp³-hybridized carbons (Fsp3) is 0. The van der Waals surface area contributed by atoms with Crippen LogP contribution in [0.4, 0.5) is 15.6 Å². The predicted molar refractivity (Wildman–Crippen MR) is 86.8 cm³/mol. The number of amides is 3. The van der Waals surface area contributed by atoms with Gasteiger partial charge in [0.2, 0.25) is 0 Å². The van der Waals surface area contributed by atoms with Gasteiger partial charge in [0, 0.05) is 12.4 Å². The quantitative estimate of drug-likeness (QED) is 0.287. The molecule has 120 valence electrons. The summed E-state index contributed by atoms with van der Waals surface area (Å²) in [6.07, 6.45) is 4.28. The number of nitrogens with two attached hydrogens (primary N) is 1. The van der Waals surface area contributed by atoms with E-state index in [0.29, 0.717) is 16.3 Å². The van der Waals surface area contributed by atoms with Crippen molar-refractivity contribution in [1.82, 2.24) is 20.4 Å². The van der Waals surface area contributed by atoms with E-state index in [1.807, 2.05) is 5.43 Å². The monoisotopic (exact) mass is 342 g/mol. The number of nitrogens with zero attached hydrogens (tertiary/aromatic N) is 5. The van der Waals surface area contributed by atoms with Gasteiger partial charge in [0.25, 0.3) is 5.91 Å². The van der Waals surface area contributed by atoms with Gasteiger partial charge in [-0.1, -0.05) is 16.5 Å². The first-order valence-corrected chi connectivity index (χ1v) is 7.37. The van der Waals surface area contributed by atoms with Crippen LogP contribution in [0.15, 0.2) is 47.0 Å². The maximum atomic E-state index is 12.0. The smallest absolute Gasteiger partial charge is 0.296 e. The zero-order valence-electron chi connectivity index (χ0n) is 12.0. The van der Waals surface area contributed by atoms with Gasteiger partial charge in [-0.05, 0) is 18.2 Å². The van der Waals surface area contributed by atoms with Gasteiger partial charge >= 0.3 is 6.03 Å². The SMILES string of the molecule is NNC(=O)N=Nc1ccc2sc(NC(=O)c3cnccn3)nc2c1. The molecule has 24 heavy (non-hydrogen) atoms. The van der Waals surface area contributed by atoms with Crippen LogP contribution in [-0.2, 0) is 0 Å². The first-order chi connectivity index (χ1) is 11.7. The van der Waals surface area contributed by atoms with E-state index >= 15 is 0 Å². The third kappa shape index (κ3) is 3.53. The fourth-order valence-corrected chi connectivity index (χ4v) is 2.58. The number of hydrogen-bond donors (Lipinski definition) is 3. The number of thiazole rings is 1. The highest BCUT2D eigenvalue weighted by atomic mass is 32.1. The molecule has 0 spiro atoms. The molecule has 0 atom stereocenters. The second-order valence-corrected chi connectivity index (χ2v) is 5.40. The predicted octanol–water partition coefficient (Wildman–Crippen LogP) is 2.01. The number of anilines is 1. The molecule has 0 aliphatic heterocycles. The van der Waals surface area contributed by atoms with Gasteiger partial charge in [-0.15, -0.1) is 5.11 Å². The average Bonchev–Trinajstić information content (AvgIpc) is 3.01. The average molecular weight is 342 g/mol. The number of hydrazine groups is 1. The lowest BCUT2D eigenvalue weighted by atomic mass is 10.3. The molecule has 0 radical (unpaired) electrons. The summed E-state index contributed by atoms with van der Waals surface area (Å²) in [7, 11) is 0. The standard InChI is InChI=1S/C13H10N8O2S/c14-19-12(23)21-20-7-1-2-10-8(5-7)17-13(24-10)18-11(22)9-6-15-3-4-16-9/h1-6H,14H2,(H,19,23)(H,17,18,22). The van der Waals surface area contributed by atoms with E-state index in [-0.39, 0.29) is 5.69 Å². The molecule has 0 fully saturated rings. The Kier molecular flexibility index (Phi) is 4.45. The Hall–Kier alpha value is -3.31. The van der Waals surface area contributed by atoms with E-state index in [0.717, 1.165) is 4.70 Å². The van der Waals surface area contributed by atoms with Crippen molar-refractivity contribution in [3.05, 3.63) is 42.5 Å². The van der Waals surface area contributed by atoms with Crippen LogP contribution in [0, 0.1) is 0 Å². The number of fused-ring (bicyclic) bond motifs is 1. The Morgan fingerprint density at radius 1 is 1.25 bits per heavy atom. The Balaban J connectivity index is 1.80. The molecule has 0 unspecified atom stereocenters. The molecular formula is C13H10N8O2S. The molecule has 10 nitrogen and oxygen atoms in total. The molecule has 1 aromatic carbocycles. The van der Waals surface area contributed by atoms with Crippen molar-refractivity contribution in [3.8, 4) is 0 Å². The summed E-state index contributed by atoms with van der Waals surface area (Å²) >= 11 is 1.30. The highest BCUT2D eigenvalue weighted by Crippen LogP contribution is 2.29. The molecule has 3 aromatic rings. The maximum Gasteiger partial charge on any atom is 0.373 e. The summed E-state index contributed by atoms with van der Waals surface area (Å²) in [5.74, 6) is 4.51. The van der Waals surface area contributed by atoms with Crippen LogP contribution in [0.25, 0.3) is 10.2 Å². The summed E-state index contributed by atoms with van der Waals surface area (Å²) in [4.78, 5) is 35.0. The van der Waals surface area contributed by atoms with Gasteiger partial charge in [0.1, 0.15) is 5.69 Å². The van der Waals surface area contributed by atoms with Crippen molar-refractivity contribution in [2.75, 3.05) is 5.32 Å². The molecule has 0 bridgehead atoms. The summed E-state index contributed by atoms with van der Waals surface area (Å²) in [5, 5.41) is 10.2. The number of benzene rings is 1. The number of carbonyl (C=O) groups is 2. The van der Waals surface area contributed by atoms with Gasteiger partial charge < -0.3 is 0 Å². The molecule has 0 saturated carbocycles. The highest BCUT2D eigenvalue weighted by molar-refractivity contribution is 7.22. The second kappa shape index (κ2) is 6.85. The molecule has 0 saturated heterocycles. The third-order valence-electron chi connectivity index (χ3n) is 2.77. The summed E-state index contributed by atoms with van der Waals surface area (Å²) in [6.45, 7) is 0. The molecule has 11 heteroatoms. The Morgan fingerprint density at radius 2 is 2.12 bits per heavy atom. The number of aromatic nitrogens is 3. The number of carbonyl (C=O) groups excluding carboxylic acids is 2. The van der Waals surface area contributed by atoms with Crippen molar-refractivity contribution in [2.24, 2.45) is 16.1 Å². The van der Waals surface area contributed by atoms with Gasteiger partial charge in [-0.2, -0.15) is 0 Å². The lowest BCUT2D eigenvalue weighted by Gasteiger charge is -1.98. The minimum Gasteiger partial charge on any atom is -0.296 e. The van der Waals surface area contributed by atoms with E-state index in [2.05, 4.69) is 30.5 Å². The number of hydrogen-bond acceptors (Lipinski definition) is 8. The van der Waals surface area contributed by atoms with Crippen molar-refractivity contribution >= 4 is 44.3 Å². The largest absolute Gasteiger partial charge is 0.373 e. The van der Waals surface area contributed by atoms with Crippen molar-refractivity contribution < 1.29 is 9.59 Å². The van der Waals surface area contributed by atoms with Crippen LogP contribution < -0.4 is 16.6 Å². The Bertz CT molecular complexity index is 924. The van der Waals surface area contributed by atoms with Crippen LogP contribution in [0.1, 0.15) is 10.5 Å². The number of rotatable bonds is 3. The molecule has 0 aliphatic carbocycles. The van der Waals surface area contributed by atoms with Crippen molar-refractivity contribution in [1.29, 1.82) is 0 Å². The van der Waals surface area contributed by atoms with Crippen LogP contribution in [0.5, 0.6) is 0 Å². The molecule has 4 N–H and O–H groups in total. The normalized spacial score (nSPS) is 10.9. The van der Waals surface area contributed by atoms with Crippen molar-refractivity contribution in [3.63, 3.8) is 0 Å². The minimum atomic E-state index is -0.759. The molecular weight excluding hydrogens is 332 g/mol. The first-order valence-electron chi connectivity index (χ1n) is 6.56. The van der Waals surface area contributed by atoms with Gasteiger partial charge in [-0.3, -0.25) is 20.5 Å². The zero-order chi connectivity index (χ0) is 16.9. The minimum absolute atomic E-state index is 0.194. The van der Waals surface area contributed by atoms with Gasteiger partial charge in [0.05, 0.1) is 22.1 Å². The fourth-order valence-electron chi connectivity index (χ4n) is 1.74. The van der Waals surface area contributed by atoms with Crippen LogP contribution in [0.2, 0.25) is 0 Å². The molecule has 2 aromatic heterocycles. The van der Waals surface area contributed by atoms with Crippen molar-refractivity contribution in [2.45, 2.75) is 0 Å². The summed E-state index contributed by atoms with van der Waals surface area (Å²) < 4.78 is 0.840. The topological polar surface area (TPSA) is 148 Å². The number of nitrogens with one attached hydrogen (secondary N) is 2. The lowest BCUT2D eigenvalue weighted by Crippen LogP contribution is -2.26. The molecule has 3 amide bonds. The van der Waals surface area contributed by atoms with Gasteiger partial charge in [0.15, 0.2) is 5.13 Å². The van der Waals surface area contributed by atoms with E-state index in [4.69, 9.17) is 5.84 Å². The van der Waals surface area contributed by atoms with Crippen LogP contribution >= 0.6 is 11.3 Å². The zero-order valence-corrected chi connectivity index (χ0v) is 12.8. The van der Waals surface area contributed by atoms with E-state index < -0.39 is 11.9 Å². The number of azo groups is 1.